The fourth-order valence-corrected chi connectivity index (χ4v) is 5.77. The lowest BCUT2D eigenvalue weighted by molar-refractivity contribution is 0.237. The summed E-state index contributed by atoms with van der Waals surface area (Å²) >= 11 is 4.39. The molecular weight excluding hydrogens is 222 g/mol. The molecule has 0 aromatic carbocycles. The molecule has 1 nitrogen and oxygen atoms in total. The normalized spacial score (nSPS) is 39.8. The van der Waals surface area contributed by atoms with Crippen LogP contribution in [0, 0.1) is 5.92 Å². The van der Waals surface area contributed by atoms with Gasteiger partial charge in [0, 0.05) is 27.5 Å². The number of hydrogen-bond acceptors (Lipinski definition) is 3. The fourth-order valence-electron chi connectivity index (χ4n) is 2.52. The van der Waals surface area contributed by atoms with Gasteiger partial charge in [-0.3, -0.25) is 0 Å². The molecule has 1 saturated carbocycles. The van der Waals surface area contributed by atoms with Gasteiger partial charge in [-0.15, -0.1) is 0 Å². The maximum absolute atomic E-state index is 3.57. The van der Waals surface area contributed by atoms with Gasteiger partial charge in [0.1, 0.15) is 0 Å². The minimum Gasteiger partial charge on any atom is -0.316 e. The molecule has 0 spiro atoms. The van der Waals surface area contributed by atoms with Crippen LogP contribution < -0.4 is 5.32 Å². The summed E-state index contributed by atoms with van der Waals surface area (Å²) in [5.41, 5.74) is 0. The van der Waals surface area contributed by atoms with Crippen molar-refractivity contribution in [1.29, 1.82) is 0 Å². The Balaban J connectivity index is 1.90. The lowest BCUT2D eigenvalue weighted by Crippen LogP contribution is -2.48. The molecule has 3 heteroatoms. The van der Waals surface area contributed by atoms with Crippen LogP contribution >= 0.6 is 23.5 Å². The maximum Gasteiger partial charge on any atom is 0.0297 e. The van der Waals surface area contributed by atoms with Crippen molar-refractivity contribution in [3.8, 4) is 0 Å². The van der Waals surface area contributed by atoms with Crippen LogP contribution in [-0.2, 0) is 0 Å². The second kappa shape index (κ2) is 5.33. The first-order chi connectivity index (χ1) is 7.22. The van der Waals surface area contributed by atoms with E-state index in [4.69, 9.17) is 0 Å². The van der Waals surface area contributed by atoms with E-state index in [0.717, 1.165) is 27.7 Å². The number of thioether (sulfide) groups is 2. The Morgan fingerprint density at radius 3 is 2.40 bits per heavy atom. The number of hydrogen-bond donors (Lipinski definition) is 1. The number of rotatable bonds is 3. The first kappa shape index (κ1) is 12.1. The molecule has 0 radical (unpaired) electrons. The summed E-state index contributed by atoms with van der Waals surface area (Å²) in [6.45, 7) is 4.76. The van der Waals surface area contributed by atoms with Crippen LogP contribution in [0.5, 0.6) is 0 Å². The van der Waals surface area contributed by atoms with Gasteiger partial charge in [-0.05, 0) is 25.8 Å². The summed E-state index contributed by atoms with van der Waals surface area (Å²) in [7, 11) is 2.15. The van der Waals surface area contributed by atoms with Gasteiger partial charge >= 0.3 is 0 Å². The van der Waals surface area contributed by atoms with Crippen LogP contribution in [0.4, 0.5) is 0 Å². The highest BCUT2D eigenvalue weighted by Crippen LogP contribution is 2.41. The van der Waals surface area contributed by atoms with E-state index >= 15 is 0 Å². The summed E-state index contributed by atoms with van der Waals surface area (Å²) in [6.07, 6.45) is 4.37. The molecule has 88 valence electrons. The van der Waals surface area contributed by atoms with Crippen molar-refractivity contribution in [2.24, 2.45) is 5.92 Å². The summed E-state index contributed by atoms with van der Waals surface area (Å²) in [6, 6.07) is 0.770. The van der Waals surface area contributed by atoms with Crippen LogP contribution in [0.2, 0.25) is 0 Å². The molecule has 15 heavy (non-hydrogen) atoms. The second-order valence-corrected chi connectivity index (χ2v) is 7.96. The van der Waals surface area contributed by atoms with Crippen LogP contribution in [-0.4, -0.2) is 34.6 Å². The molecule has 1 aliphatic heterocycles. The third-order valence-electron chi connectivity index (χ3n) is 3.97. The topological polar surface area (TPSA) is 12.0 Å². The highest BCUT2D eigenvalue weighted by molar-refractivity contribution is 8.07. The van der Waals surface area contributed by atoms with E-state index < -0.39 is 0 Å². The Labute approximate surface area is 103 Å². The Morgan fingerprint density at radius 2 is 1.93 bits per heavy atom. The maximum atomic E-state index is 3.57. The van der Waals surface area contributed by atoms with Gasteiger partial charge in [0.2, 0.25) is 0 Å². The van der Waals surface area contributed by atoms with Gasteiger partial charge in [-0.1, -0.05) is 20.3 Å². The zero-order chi connectivity index (χ0) is 10.8. The quantitative estimate of drug-likeness (QED) is 0.821. The van der Waals surface area contributed by atoms with E-state index in [-0.39, 0.29) is 0 Å². The summed E-state index contributed by atoms with van der Waals surface area (Å²) < 4.78 is 0. The minimum absolute atomic E-state index is 0.770. The highest BCUT2D eigenvalue weighted by Gasteiger charge is 2.36. The first-order valence-corrected chi connectivity index (χ1v) is 8.16. The van der Waals surface area contributed by atoms with Gasteiger partial charge in [-0.2, -0.15) is 23.5 Å². The molecule has 0 aromatic rings. The van der Waals surface area contributed by atoms with E-state index in [1.807, 2.05) is 0 Å². The van der Waals surface area contributed by atoms with Gasteiger partial charge in [0.15, 0.2) is 0 Å². The molecule has 2 aliphatic rings. The monoisotopic (exact) mass is 245 g/mol. The molecular formula is C12H23NS2. The Bertz CT molecular complexity index is 206. The fraction of sp³-hybridized carbons (Fsp3) is 1.00. The van der Waals surface area contributed by atoms with Crippen molar-refractivity contribution in [3.05, 3.63) is 0 Å². The van der Waals surface area contributed by atoms with E-state index in [1.54, 1.807) is 0 Å². The lowest BCUT2D eigenvalue weighted by Gasteiger charge is -2.42. The van der Waals surface area contributed by atoms with Crippen molar-refractivity contribution < 1.29 is 0 Å². The number of nitrogens with one attached hydrogen (secondary N) is 1. The van der Waals surface area contributed by atoms with E-state index in [1.165, 1.54) is 25.0 Å². The zero-order valence-corrected chi connectivity index (χ0v) is 11.7. The Kier molecular flexibility index (Phi) is 4.31. The molecule has 1 aliphatic carbocycles. The molecule has 2 fully saturated rings. The van der Waals surface area contributed by atoms with Crippen molar-refractivity contribution in [1.82, 2.24) is 5.32 Å². The SMILES string of the molecule is CNC(C1CCC1)C1CSC(C)C(C)S1. The van der Waals surface area contributed by atoms with Crippen molar-refractivity contribution >= 4 is 23.5 Å². The predicted octanol–water partition coefficient (Wildman–Crippen LogP) is 3.00. The molecule has 4 unspecified atom stereocenters. The lowest BCUT2D eigenvalue weighted by atomic mass is 9.78. The smallest absolute Gasteiger partial charge is 0.0297 e. The Hall–Kier alpha value is 0.660. The Morgan fingerprint density at radius 1 is 1.20 bits per heavy atom. The molecule has 1 N–H and O–H groups in total. The van der Waals surface area contributed by atoms with Crippen LogP contribution in [0.15, 0.2) is 0 Å². The molecule has 1 heterocycles. The van der Waals surface area contributed by atoms with Crippen molar-refractivity contribution in [2.45, 2.75) is 54.9 Å². The van der Waals surface area contributed by atoms with Crippen LogP contribution in [0.25, 0.3) is 0 Å². The molecule has 2 rings (SSSR count). The first-order valence-electron chi connectivity index (χ1n) is 6.16. The van der Waals surface area contributed by atoms with Gasteiger partial charge in [0.25, 0.3) is 0 Å². The largest absolute Gasteiger partial charge is 0.316 e. The van der Waals surface area contributed by atoms with Crippen molar-refractivity contribution in [3.63, 3.8) is 0 Å². The minimum atomic E-state index is 0.770. The molecule has 0 amide bonds. The molecule has 0 aromatic heterocycles. The van der Waals surface area contributed by atoms with Gasteiger partial charge in [-0.25, -0.2) is 0 Å². The van der Waals surface area contributed by atoms with E-state index in [0.29, 0.717) is 0 Å². The summed E-state index contributed by atoms with van der Waals surface area (Å²) in [5.74, 6) is 2.31. The predicted molar refractivity (Wildman–Crippen MR) is 72.9 cm³/mol. The van der Waals surface area contributed by atoms with Gasteiger partial charge in [0.05, 0.1) is 0 Å². The standard InChI is InChI=1S/C12H23NS2/c1-8-9(2)15-11(7-14-8)12(13-3)10-5-4-6-10/h8-13H,4-7H2,1-3H3. The summed E-state index contributed by atoms with van der Waals surface area (Å²) in [5, 5.41) is 6.08. The van der Waals surface area contributed by atoms with E-state index in [9.17, 15) is 0 Å². The average molecular weight is 245 g/mol. The molecule has 0 bridgehead atoms. The second-order valence-electron chi connectivity index (χ2n) is 4.92. The summed E-state index contributed by atoms with van der Waals surface area (Å²) in [4.78, 5) is 0. The van der Waals surface area contributed by atoms with Crippen molar-refractivity contribution in [2.75, 3.05) is 12.8 Å². The van der Waals surface area contributed by atoms with Gasteiger partial charge < -0.3 is 5.32 Å². The highest BCUT2D eigenvalue weighted by atomic mass is 32.2. The third-order valence-corrected chi connectivity index (χ3v) is 7.48. The molecule has 1 saturated heterocycles. The van der Waals surface area contributed by atoms with Crippen LogP contribution in [0.1, 0.15) is 33.1 Å². The van der Waals surface area contributed by atoms with E-state index in [2.05, 4.69) is 49.7 Å². The third kappa shape index (κ3) is 2.67. The van der Waals surface area contributed by atoms with Crippen LogP contribution in [0.3, 0.4) is 0 Å². The molecule has 4 atom stereocenters. The zero-order valence-electron chi connectivity index (χ0n) is 10.0. The average Bonchev–Trinajstić information content (AvgIpc) is 2.16.